The number of fused-ring (bicyclic) bond motifs is 1. The molecule has 4 aromatic rings. The van der Waals surface area contributed by atoms with Crippen LogP contribution in [0.15, 0.2) is 70.7 Å². The molecule has 2 amide bonds. The Hall–Kier alpha value is -3.71. The van der Waals surface area contributed by atoms with Gasteiger partial charge in [-0.15, -0.1) is 11.3 Å². The molecule has 0 spiro atoms. The topological polar surface area (TPSA) is 84.2 Å². The van der Waals surface area contributed by atoms with Gasteiger partial charge in [0.15, 0.2) is 5.76 Å². The van der Waals surface area contributed by atoms with Gasteiger partial charge in [-0.05, 0) is 61.0 Å². The van der Waals surface area contributed by atoms with E-state index >= 15 is 0 Å². The molecule has 0 bridgehead atoms. The lowest BCUT2D eigenvalue weighted by molar-refractivity contribution is -0.116. The van der Waals surface area contributed by atoms with Crippen LogP contribution in [-0.4, -0.2) is 16.8 Å². The highest BCUT2D eigenvalue weighted by molar-refractivity contribution is 7.13. The predicted molar refractivity (Wildman–Crippen MR) is 117 cm³/mol. The molecular formula is C23H17N3O3S. The number of hydrogen-bond donors (Lipinski definition) is 2. The molecule has 0 saturated heterocycles. The van der Waals surface area contributed by atoms with Gasteiger partial charge < -0.3 is 15.1 Å². The number of amides is 2. The summed E-state index contributed by atoms with van der Waals surface area (Å²) < 4.78 is 5.10. The van der Waals surface area contributed by atoms with Crippen molar-refractivity contribution < 1.29 is 14.0 Å². The number of thiazole rings is 1. The normalized spacial score (nSPS) is 15.0. The summed E-state index contributed by atoms with van der Waals surface area (Å²) in [5.41, 5.74) is 5.39. The minimum absolute atomic E-state index is 0.0281. The van der Waals surface area contributed by atoms with Crippen LogP contribution in [0.3, 0.4) is 0 Å². The molecule has 1 atom stereocenters. The Morgan fingerprint density at radius 1 is 1.13 bits per heavy atom. The smallest absolute Gasteiger partial charge is 0.291 e. The minimum Gasteiger partial charge on any atom is -0.459 e. The lowest BCUT2D eigenvalue weighted by Gasteiger charge is -2.05. The summed E-state index contributed by atoms with van der Waals surface area (Å²) in [6.45, 7) is 1.91. The van der Waals surface area contributed by atoms with Crippen molar-refractivity contribution >= 4 is 34.5 Å². The molecule has 1 aliphatic heterocycles. The summed E-state index contributed by atoms with van der Waals surface area (Å²) >= 11 is 1.55. The molecule has 2 aromatic heterocycles. The van der Waals surface area contributed by atoms with E-state index in [-0.39, 0.29) is 23.5 Å². The summed E-state index contributed by atoms with van der Waals surface area (Å²) in [5.74, 6) is -0.144. The number of carbonyl (C=O) groups is 2. The first-order chi connectivity index (χ1) is 14.6. The fourth-order valence-electron chi connectivity index (χ4n) is 3.41. The van der Waals surface area contributed by atoms with Crippen molar-refractivity contribution in [3.63, 3.8) is 0 Å². The summed E-state index contributed by atoms with van der Waals surface area (Å²) in [7, 11) is 0. The molecule has 1 aliphatic rings. The number of anilines is 2. The Kier molecular flexibility index (Phi) is 4.44. The largest absolute Gasteiger partial charge is 0.459 e. The second-order valence-corrected chi connectivity index (χ2v) is 7.92. The standard InChI is InChI=1S/C23H17N3O3S/c1-13-17-11-15(6-9-18(17)25-21(13)27)19-12-30-23(26-19)14-4-7-16(8-5-14)24-22(28)20-3-2-10-29-20/h2-13H,1H3,(H,24,28)(H,25,27). The van der Waals surface area contributed by atoms with Crippen LogP contribution in [0.2, 0.25) is 0 Å². The van der Waals surface area contributed by atoms with E-state index in [1.54, 1.807) is 23.5 Å². The van der Waals surface area contributed by atoms with Gasteiger partial charge in [-0.2, -0.15) is 0 Å². The van der Waals surface area contributed by atoms with Crippen molar-refractivity contribution in [2.75, 3.05) is 10.6 Å². The molecule has 1 unspecified atom stereocenters. The van der Waals surface area contributed by atoms with Crippen LogP contribution in [0.25, 0.3) is 21.8 Å². The summed E-state index contributed by atoms with van der Waals surface area (Å²) in [6, 6.07) is 16.8. The number of furan rings is 1. The Balaban J connectivity index is 1.35. The first kappa shape index (κ1) is 18.3. The highest BCUT2D eigenvalue weighted by Gasteiger charge is 2.26. The first-order valence-corrected chi connectivity index (χ1v) is 10.3. The first-order valence-electron chi connectivity index (χ1n) is 9.44. The van der Waals surface area contributed by atoms with E-state index < -0.39 is 0 Å². The number of benzene rings is 2. The van der Waals surface area contributed by atoms with Crippen molar-refractivity contribution in [3.8, 4) is 21.8 Å². The van der Waals surface area contributed by atoms with Crippen molar-refractivity contribution in [3.05, 3.63) is 77.6 Å². The van der Waals surface area contributed by atoms with E-state index in [4.69, 9.17) is 9.40 Å². The Morgan fingerprint density at radius 3 is 2.70 bits per heavy atom. The van der Waals surface area contributed by atoms with Crippen LogP contribution in [-0.2, 0) is 4.79 Å². The molecule has 7 heteroatoms. The van der Waals surface area contributed by atoms with Gasteiger partial charge in [-0.3, -0.25) is 9.59 Å². The zero-order valence-corrected chi connectivity index (χ0v) is 16.8. The van der Waals surface area contributed by atoms with Crippen molar-refractivity contribution in [1.29, 1.82) is 0 Å². The molecule has 2 aromatic carbocycles. The van der Waals surface area contributed by atoms with Crippen LogP contribution in [0.1, 0.15) is 29.0 Å². The zero-order chi connectivity index (χ0) is 20.7. The lowest BCUT2D eigenvalue weighted by atomic mass is 9.99. The van der Waals surface area contributed by atoms with Crippen molar-refractivity contribution in [2.45, 2.75) is 12.8 Å². The average Bonchev–Trinajstić information content (AvgIpc) is 3.50. The van der Waals surface area contributed by atoms with Gasteiger partial charge in [0.05, 0.1) is 17.9 Å². The Labute approximate surface area is 176 Å². The maximum Gasteiger partial charge on any atom is 0.291 e. The van der Waals surface area contributed by atoms with Crippen molar-refractivity contribution in [1.82, 2.24) is 4.98 Å². The molecule has 5 rings (SSSR count). The van der Waals surface area contributed by atoms with Crippen molar-refractivity contribution in [2.24, 2.45) is 0 Å². The Morgan fingerprint density at radius 2 is 1.93 bits per heavy atom. The second-order valence-electron chi connectivity index (χ2n) is 7.06. The fourth-order valence-corrected chi connectivity index (χ4v) is 4.25. The van der Waals surface area contributed by atoms with Gasteiger partial charge >= 0.3 is 0 Å². The third-order valence-electron chi connectivity index (χ3n) is 5.10. The van der Waals surface area contributed by atoms with Crippen LogP contribution in [0.5, 0.6) is 0 Å². The van der Waals surface area contributed by atoms with E-state index in [0.717, 1.165) is 33.1 Å². The SMILES string of the molecule is CC1C(=O)Nc2ccc(-c3csc(-c4ccc(NC(=O)c5ccco5)cc4)n3)cc21. The Bertz CT molecular complexity index is 1240. The average molecular weight is 415 g/mol. The molecule has 148 valence electrons. The van der Waals surface area contributed by atoms with Gasteiger partial charge in [0, 0.05) is 27.9 Å². The summed E-state index contributed by atoms with van der Waals surface area (Å²) in [4.78, 5) is 28.7. The van der Waals surface area contributed by atoms with E-state index in [1.807, 2.05) is 54.8 Å². The van der Waals surface area contributed by atoms with E-state index in [1.165, 1.54) is 6.26 Å². The van der Waals surface area contributed by atoms with Gasteiger partial charge in [0.25, 0.3) is 5.91 Å². The van der Waals surface area contributed by atoms with Crippen LogP contribution >= 0.6 is 11.3 Å². The number of aromatic nitrogens is 1. The number of hydrogen-bond acceptors (Lipinski definition) is 5. The molecule has 3 heterocycles. The molecular weight excluding hydrogens is 398 g/mol. The van der Waals surface area contributed by atoms with Gasteiger partial charge in [-0.25, -0.2) is 4.98 Å². The van der Waals surface area contributed by atoms with E-state index in [9.17, 15) is 9.59 Å². The van der Waals surface area contributed by atoms with Gasteiger partial charge in [0.1, 0.15) is 5.01 Å². The number of rotatable bonds is 4. The number of carbonyl (C=O) groups excluding carboxylic acids is 2. The minimum atomic E-state index is -0.289. The zero-order valence-electron chi connectivity index (χ0n) is 16.0. The lowest BCUT2D eigenvalue weighted by Crippen LogP contribution is -2.10. The van der Waals surface area contributed by atoms with E-state index in [2.05, 4.69) is 10.6 Å². The molecule has 0 fully saturated rings. The third kappa shape index (κ3) is 3.29. The summed E-state index contributed by atoms with van der Waals surface area (Å²) in [5, 5.41) is 8.59. The molecule has 30 heavy (non-hydrogen) atoms. The molecule has 0 saturated carbocycles. The number of nitrogens with zero attached hydrogens (tertiary/aromatic N) is 1. The van der Waals surface area contributed by atoms with Crippen LogP contribution < -0.4 is 10.6 Å². The highest BCUT2D eigenvalue weighted by Crippen LogP contribution is 2.36. The third-order valence-corrected chi connectivity index (χ3v) is 6.00. The van der Waals surface area contributed by atoms with Gasteiger partial charge in [-0.1, -0.05) is 6.07 Å². The molecule has 0 aliphatic carbocycles. The van der Waals surface area contributed by atoms with E-state index in [0.29, 0.717) is 5.69 Å². The second kappa shape index (κ2) is 7.27. The maximum atomic E-state index is 12.1. The van der Waals surface area contributed by atoms with Gasteiger partial charge in [0.2, 0.25) is 5.91 Å². The molecule has 2 N–H and O–H groups in total. The van der Waals surface area contributed by atoms with Crippen LogP contribution in [0.4, 0.5) is 11.4 Å². The monoisotopic (exact) mass is 415 g/mol. The van der Waals surface area contributed by atoms with Crippen LogP contribution in [0, 0.1) is 0 Å². The maximum absolute atomic E-state index is 12.1. The fraction of sp³-hybridized carbons (Fsp3) is 0.0870. The molecule has 0 radical (unpaired) electrons. The quantitative estimate of drug-likeness (QED) is 0.469. The summed E-state index contributed by atoms with van der Waals surface area (Å²) in [6.07, 6.45) is 1.47. The number of nitrogens with one attached hydrogen (secondary N) is 2. The highest BCUT2D eigenvalue weighted by atomic mass is 32.1. The predicted octanol–water partition coefficient (Wildman–Crippen LogP) is 5.38. The molecule has 6 nitrogen and oxygen atoms in total.